The normalized spacial score (nSPS) is 24.2. The molecule has 5 heteroatoms. The quantitative estimate of drug-likeness (QED) is 0.629. The molecular formula is C7H7ClF3N. The zero-order valence-corrected chi connectivity index (χ0v) is 7.00. The average Bonchev–Trinajstić information content (AvgIpc) is 1.92. The molecule has 1 atom stereocenters. The van der Waals surface area contributed by atoms with Crippen LogP contribution in [0.5, 0.6) is 0 Å². The van der Waals surface area contributed by atoms with Crippen molar-refractivity contribution in [3.63, 3.8) is 0 Å². The van der Waals surface area contributed by atoms with E-state index in [0.717, 1.165) is 6.08 Å². The van der Waals surface area contributed by atoms with Gasteiger partial charge in [0.25, 0.3) is 0 Å². The first kappa shape index (κ1) is 9.45. The van der Waals surface area contributed by atoms with Gasteiger partial charge in [-0.15, -0.1) is 0 Å². The first-order valence-electron chi connectivity index (χ1n) is 3.32. The van der Waals surface area contributed by atoms with Crippen LogP contribution >= 0.6 is 11.6 Å². The van der Waals surface area contributed by atoms with Gasteiger partial charge in [-0.25, -0.2) is 0 Å². The topological polar surface area (TPSA) is 12.0 Å². The fraction of sp³-hybridized carbons (Fsp3) is 0.429. The van der Waals surface area contributed by atoms with Gasteiger partial charge in [-0.1, -0.05) is 11.6 Å². The maximum Gasteiger partial charge on any atom is 0.414 e. The van der Waals surface area contributed by atoms with Gasteiger partial charge in [0, 0.05) is 6.20 Å². The predicted octanol–water partition coefficient (Wildman–Crippen LogP) is 2.55. The molecule has 12 heavy (non-hydrogen) atoms. The zero-order chi connectivity index (χ0) is 9.35. The van der Waals surface area contributed by atoms with E-state index in [1.807, 2.05) is 0 Å². The minimum Gasteiger partial charge on any atom is -0.383 e. The van der Waals surface area contributed by atoms with E-state index in [0.29, 0.717) is 0 Å². The van der Waals surface area contributed by atoms with Crippen LogP contribution in [-0.4, -0.2) is 12.2 Å². The van der Waals surface area contributed by atoms with Crippen molar-refractivity contribution in [3.05, 3.63) is 22.9 Å². The monoisotopic (exact) mass is 197 g/mol. The van der Waals surface area contributed by atoms with Crippen LogP contribution < -0.4 is 5.32 Å². The average molecular weight is 198 g/mol. The Morgan fingerprint density at radius 2 is 2.08 bits per heavy atom. The lowest BCUT2D eigenvalue weighted by atomic mass is 10.1. The van der Waals surface area contributed by atoms with Gasteiger partial charge < -0.3 is 5.32 Å². The van der Waals surface area contributed by atoms with E-state index in [4.69, 9.17) is 11.6 Å². The largest absolute Gasteiger partial charge is 0.414 e. The van der Waals surface area contributed by atoms with Crippen molar-refractivity contribution in [2.75, 3.05) is 0 Å². The fourth-order valence-electron chi connectivity index (χ4n) is 0.937. The maximum absolute atomic E-state index is 12.2. The van der Waals surface area contributed by atoms with E-state index >= 15 is 0 Å². The van der Waals surface area contributed by atoms with Crippen molar-refractivity contribution in [3.8, 4) is 0 Å². The van der Waals surface area contributed by atoms with Crippen LogP contribution in [0.2, 0.25) is 0 Å². The molecule has 1 nitrogen and oxygen atoms in total. The molecule has 1 N–H and O–H groups in total. The van der Waals surface area contributed by atoms with E-state index in [9.17, 15) is 13.2 Å². The molecule has 1 rings (SSSR count). The Labute approximate surface area is 72.9 Å². The van der Waals surface area contributed by atoms with Gasteiger partial charge in [0.2, 0.25) is 0 Å². The Balaban J connectivity index is 2.94. The molecule has 1 aliphatic rings. The molecule has 0 aromatic rings. The second kappa shape index (κ2) is 3.01. The minimum absolute atomic E-state index is 0.0698. The Morgan fingerprint density at radius 1 is 1.50 bits per heavy atom. The van der Waals surface area contributed by atoms with Crippen molar-refractivity contribution in [1.29, 1.82) is 0 Å². The Hall–Kier alpha value is -0.640. The Bertz CT molecular complexity index is 242. The molecule has 1 heterocycles. The molecular weight excluding hydrogens is 191 g/mol. The number of halogens is 4. The van der Waals surface area contributed by atoms with Gasteiger partial charge in [-0.3, -0.25) is 0 Å². The minimum atomic E-state index is -4.30. The molecule has 1 unspecified atom stereocenters. The summed E-state index contributed by atoms with van der Waals surface area (Å²) in [6.07, 6.45) is -2.02. The number of alkyl halides is 3. The summed E-state index contributed by atoms with van der Waals surface area (Å²) in [7, 11) is 0. The van der Waals surface area contributed by atoms with Gasteiger partial charge in [0.05, 0.1) is 16.6 Å². The summed E-state index contributed by atoms with van der Waals surface area (Å²) >= 11 is 5.40. The van der Waals surface area contributed by atoms with E-state index < -0.39 is 17.8 Å². The number of nitrogens with one attached hydrogen (secondary N) is 1. The van der Waals surface area contributed by atoms with Gasteiger partial charge >= 0.3 is 6.18 Å². The van der Waals surface area contributed by atoms with Crippen LogP contribution in [0.25, 0.3) is 0 Å². The van der Waals surface area contributed by atoms with Crippen LogP contribution in [0.3, 0.4) is 0 Å². The molecule has 0 aromatic carbocycles. The van der Waals surface area contributed by atoms with E-state index in [2.05, 4.69) is 5.32 Å². The highest BCUT2D eigenvalue weighted by Gasteiger charge is 2.37. The highest BCUT2D eigenvalue weighted by molar-refractivity contribution is 6.31. The highest BCUT2D eigenvalue weighted by atomic mass is 35.5. The number of hydrogen-bond donors (Lipinski definition) is 1. The van der Waals surface area contributed by atoms with Crippen LogP contribution in [0, 0.1) is 0 Å². The first-order chi connectivity index (χ1) is 5.41. The van der Waals surface area contributed by atoms with Crippen molar-refractivity contribution >= 4 is 11.6 Å². The van der Waals surface area contributed by atoms with Crippen molar-refractivity contribution in [2.45, 2.75) is 19.1 Å². The lowest BCUT2D eigenvalue weighted by molar-refractivity contribution is -0.0959. The van der Waals surface area contributed by atoms with Gasteiger partial charge in [0.1, 0.15) is 0 Å². The molecule has 0 fully saturated rings. The second-order valence-electron chi connectivity index (χ2n) is 2.52. The predicted molar refractivity (Wildman–Crippen MR) is 40.7 cm³/mol. The Morgan fingerprint density at radius 3 is 2.50 bits per heavy atom. The standard InChI is InChI=1S/C7H7ClF3N/c1-4-6(7(9,10)11)2-5(8)3-12-4/h2-4,12H,1H3. The van der Waals surface area contributed by atoms with Crippen molar-refractivity contribution in [2.24, 2.45) is 0 Å². The summed E-state index contributed by atoms with van der Waals surface area (Å²) in [6, 6.07) is -0.729. The fourth-order valence-corrected chi connectivity index (χ4v) is 1.12. The van der Waals surface area contributed by atoms with Crippen LogP contribution in [0.15, 0.2) is 22.9 Å². The molecule has 0 aromatic heterocycles. The zero-order valence-electron chi connectivity index (χ0n) is 6.24. The van der Waals surface area contributed by atoms with Crippen molar-refractivity contribution < 1.29 is 13.2 Å². The SMILES string of the molecule is CC1NC=C(Cl)C=C1C(F)(F)F. The van der Waals surface area contributed by atoms with E-state index in [1.165, 1.54) is 13.1 Å². The summed E-state index contributed by atoms with van der Waals surface area (Å²) in [4.78, 5) is 0. The van der Waals surface area contributed by atoms with Crippen LogP contribution in [0.4, 0.5) is 13.2 Å². The smallest absolute Gasteiger partial charge is 0.383 e. The van der Waals surface area contributed by atoms with Crippen molar-refractivity contribution in [1.82, 2.24) is 5.32 Å². The molecule has 68 valence electrons. The molecule has 0 aliphatic carbocycles. The second-order valence-corrected chi connectivity index (χ2v) is 2.95. The van der Waals surface area contributed by atoms with E-state index in [1.54, 1.807) is 0 Å². The maximum atomic E-state index is 12.2. The summed E-state index contributed by atoms with van der Waals surface area (Å²) < 4.78 is 36.5. The number of allylic oxidation sites excluding steroid dienone is 2. The first-order valence-corrected chi connectivity index (χ1v) is 3.69. The van der Waals surface area contributed by atoms with E-state index in [-0.39, 0.29) is 5.03 Å². The molecule has 0 saturated carbocycles. The molecule has 0 saturated heterocycles. The lowest BCUT2D eigenvalue weighted by Gasteiger charge is -2.22. The van der Waals surface area contributed by atoms with Crippen LogP contribution in [-0.2, 0) is 0 Å². The molecule has 1 aliphatic heterocycles. The third-order valence-electron chi connectivity index (χ3n) is 1.56. The molecule has 0 radical (unpaired) electrons. The number of dihydropyridines is 1. The summed E-state index contributed by atoms with van der Waals surface area (Å²) in [5.41, 5.74) is -0.644. The summed E-state index contributed by atoms with van der Waals surface area (Å²) in [5.74, 6) is 0. The van der Waals surface area contributed by atoms with Gasteiger partial charge in [-0.2, -0.15) is 13.2 Å². The summed E-state index contributed by atoms with van der Waals surface area (Å²) in [5, 5.41) is 2.58. The molecule has 0 spiro atoms. The third kappa shape index (κ3) is 1.94. The van der Waals surface area contributed by atoms with Gasteiger partial charge in [0.15, 0.2) is 0 Å². The number of rotatable bonds is 0. The third-order valence-corrected chi connectivity index (χ3v) is 1.78. The number of hydrogen-bond acceptors (Lipinski definition) is 1. The van der Waals surface area contributed by atoms with Gasteiger partial charge in [-0.05, 0) is 13.0 Å². The summed E-state index contributed by atoms with van der Waals surface area (Å²) in [6.45, 7) is 1.43. The van der Waals surface area contributed by atoms with Crippen LogP contribution in [0.1, 0.15) is 6.92 Å². The Kier molecular flexibility index (Phi) is 2.37. The molecule has 0 amide bonds. The molecule has 0 bridgehead atoms. The highest BCUT2D eigenvalue weighted by Crippen LogP contribution is 2.31. The lowest BCUT2D eigenvalue weighted by Crippen LogP contribution is -2.33.